The molecular weight excluding hydrogens is 342 g/mol. The van der Waals surface area contributed by atoms with Crippen LogP contribution in [0.3, 0.4) is 0 Å². The van der Waals surface area contributed by atoms with E-state index in [9.17, 15) is 23.6 Å². The summed E-state index contributed by atoms with van der Waals surface area (Å²) in [7, 11) is -4.87. The highest BCUT2D eigenvalue weighted by Crippen LogP contribution is 2.40. The Kier molecular flexibility index (Phi) is 4.50. The highest BCUT2D eigenvalue weighted by atomic mass is 32.2. The third-order valence-electron chi connectivity index (χ3n) is 2.64. The topological polar surface area (TPSA) is 156 Å². The Balaban J connectivity index is 2.78. The minimum Gasteiger partial charge on any atom is -0.501 e. The molecule has 12 heteroatoms. The van der Waals surface area contributed by atoms with E-state index in [1.54, 1.807) is 0 Å². The lowest BCUT2D eigenvalue weighted by atomic mass is 10.1. The van der Waals surface area contributed by atoms with Gasteiger partial charge in [0.1, 0.15) is 4.90 Å². The van der Waals surface area contributed by atoms with E-state index in [1.807, 2.05) is 0 Å². The third-order valence-corrected chi connectivity index (χ3v) is 4.09. The number of rotatable bonds is 5. The smallest absolute Gasteiger partial charge is 0.319 e. The van der Waals surface area contributed by atoms with Crippen molar-refractivity contribution in [3.63, 3.8) is 0 Å². The molecular formula is C10H7NO9S2. The molecule has 0 spiro atoms. The normalized spacial score (nSPS) is 11.7. The average Bonchev–Trinajstić information content (AvgIpc) is 2.42. The molecule has 2 rings (SSSR count). The second-order valence-corrected chi connectivity index (χ2v) is 6.08. The summed E-state index contributed by atoms with van der Waals surface area (Å²) in [5.41, 5.74) is -0.860. The van der Waals surface area contributed by atoms with Crippen LogP contribution in [-0.2, 0) is 19.5 Å². The quantitative estimate of drug-likeness (QED) is 0.240. The highest BCUT2D eigenvalue weighted by Gasteiger charge is 2.28. The number of hydrogen-bond donors (Lipinski definition) is 3. The van der Waals surface area contributed by atoms with Gasteiger partial charge in [0.25, 0.3) is 10.1 Å². The molecule has 0 heterocycles. The van der Waals surface area contributed by atoms with Gasteiger partial charge < -0.3 is 5.11 Å². The van der Waals surface area contributed by atoms with Gasteiger partial charge >= 0.3 is 5.69 Å². The molecule has 0 radical (unpaired) electrons. The van der Waals surface area contributed by atoms with Gasteiger partial charge in [0.05, 0.1) is 22.4 Å². The van der Waals surface area contributed by atoms with Gasteiger partial charge in [0, 0.05) is 4.90 Å². The Morgan fingerprint density at radius 2 is 1.95 bits per heavy atom. The van der Waals surface area contributed by atoms with Crippen molar-refractivity contribution in [1.82, 2.24) is 0 Å². The van der Waals surface area contributed by atoms with Crippen LogP contribution in [0.1, 0.15) is 0 Å². The number of nitro groups is 1. The predicted molar refractivity (Wildman–Crippen MR) is 72.7 cm³/mol. The fourth-order valence-electron chi connectivity index (χ4n) is 1.82. The minimum atomic E-state index is -4.87. The van der Waals surface area contributed by atoms with E-state index in [1.165, 1.54) is 18.2 Å². The van der Waals surface area contributed by atoms with Gasteiger partial charge in [-0.05, 0) is 29.7 Å². The first-order valence-corrected chi connectivity index (χ1v) is 7.50. The maximum atomic E-state index is 11.2. The van der Waals surface area contributed by atoms with Crippen LogP contribution >= 0.6 is 12.0 Å². The maximum Gasteiger partial charge on any atom is 0.319 e. The van der Waals surface area contributed by atoms with Crippen molar-refractivity contribution in [2.75, 3.05) is 0 Å². The number of fused-ring (bicyclic) bond motifs is 1. The number of hydrogen-bond acceptors (Lipinski definition) is 9. The van der Waals surface area contributed by atoms with E-state index in [4.69, 9.17) is 9.81 Å². The van der Waals surface area contributed by atoms with E-state index >= 15 is 0 Å². The van der Waals surface area contributed by atoms with Crippen LogP contribution in [0.5, 0.6) is 5.75 Å². The molecule has 0 atom stereocenters. The second kappa shape index (κ2) is 6.04. The SMILES string of the molecule is O=[N+]([O-])c1c(O)c(S(=O)(=O)O)cc2cc(SOOO)ccc12. The van der Waals surface area contributed by atoms with Crippen molar-refractivity contribution in [2.45, 2.75) is 9.79 Å². The van der Waals surface area contributed by atoms with Crippen molar-refractivity contribution < 1.29 is 37.6 Å². The van der Waals surface area contributed by atoms with Gasteiger partial charge in [-0.25, -0.2) is 5.26 Å². The van der Waals surface area contributed by atoms with Crippen LogP contribution in [0, 0.1) is 10.1 Å². The third kappa shape index (κ3) is 3.11. The van der Waals surface area contributed by atoms with Crippen molar-refractivity contribution in [3.05, 3.63) is 34.4 Å². The Morgan fingerprint density at radius 3 is 2.50 bits per heavy atom. The van der Waals surface area contributed by atoms with Crippen LogP contribution in [0.15, 0.2) is 34.1 Å². The van der Waals surface area contributed by atoms with Gasteiger partial charge in [-0.3, -0.25) is 14.7 Å². The molecule has 10 nitrogen and oxygen atoms in total. The molecule has 22 heavy (non-hydrogen) atoms. The fraction of sp³-hybridized carbons (Fsp3) is 0. The number of benzene rings is 2. The summed E-state index contributed by atoms with van der Waals surface area (Å²) in [5.74, 6) is -1.16. The maximum absolute atomic E-state index is 11.2. The molecule has 0 amide bonds. The summed E-state index contributed by atoms with van der Waals surface area (Å²) < 4.78 is 35.7. The first kappa shape index (κ1) is 16.4. The molecule has 0 aromatic heterocycles. The molecule has 0 saturated heterocycles. The summed E-state index contributed by atoms with van der Waals surface area (Å²) in [6.07, 6.45) is 0. The fourth-order valence-corrected chi connectivity index (χ4v) is 2.84. The predicted octanol–water partition coefficient (Wildman–Crippen LogP) is 2.13. The zero-order valence-electron chi connectivity index (χ0n) is 10.4. The largest absolute Gasteiger partial charge is 0.501 e. The van der Waals surface area contributed by atoms with Gasteiger partial charge in [-0.2, -0.15) is 8.42 Å². The molecule has 3 N–H and O–H groups in total. The first-order chi connectivity index (χ1) is 10.3. The number of nitro benzene ring substituents is 1. The van der Waals surface area contributed by atoms with Crippen LogP contribution in [0.4, 0.5) is 5.69 Å². The van der Waals surface area contributed by atoms with Gasteiger partial charge in [0.2, 0.25) is 5.75 Å². The molecule has 0 aliphatic carbocycles. The van der Waals surface area contributed by atoms with Gasteiger partial charge in [0.15, 0.2) is 0 Å². The lowest BCUT2D eigenvalue weighted by Crippen LogP contribution is -2.01. The summed E-state index contributed by atoms with van der Waals surface area (Å²) in [5, 5.41) is 32.3. The summed E-state index contributed by atoms with van der Waals surface area (Å²) in [6.45, 7) is 0. The van der Waals surface area contributed by atoms with Crippen LogP contribution in [0.2, 0.25) is 0 Å². The monoisotopic (exact) mass is 349 g/mol. The van der Waals surface area contributed by atoms with Crippen LogP contribution in [-0.4, -0.2) is 28.3 Å². The van der Waals surface area contributed by atoms with E-state index in [-0.39, 0.29) is 10.8 Å². The Morgan fingerprint density at radius 1 is 1.27 bits per heavy atom. The number of phenolic OH excluding ortho intramolecular Hbond substituents is 1. The number of nitrogens with zero attached hydrogens (tertiary/aromatic N) is 1. The van der Waals surface area contributed by atoms with E-state index in [0.29, 0.717) is 16.9 Å². The van der Waals surface area contributed by atoms with Crippen LogP contribution < -0.4 is 0 Å². The molecule has 0 unspecified atom stereocenters. The average molecular weight is 349 g/mol. The molecule has 0 aliphatic rings. The van der Waals surface area contributed by atoms with E-state index in [2.05, 4.69) is 9.37 Å². The van der Waals surface area contributed by atoms with Gasteiger partial charge in [-0.15, -0.1) is 4.33 Å². The molecule has 0 aliphatic heterocycles. The lowest BCUT2D eigenvalue weighted by molar-refractivity contribution is -0.432. The van der Waals surface area contributed by atoms with Crippen molar-refractivity contribution in [3.8, 4) is 5.75 Å². The molecule has 2 aromatic carbocycles. The summed E-state index contributed by atoms with van der Waals surface area (Å²) >= 11 is 0.551. The van der Waals surface area contributed by atoms with Gasteiger partial charge in [-0.1, -0.05) is 5.04 Å². The van der Waals surface area contributed by atoms with Crippen LogP contribution in [0.25, 0.3) is 10.8 Å². The number of aromatic hydroxyl groups is 1. The van der Waals surface area contributed by atoms with E-state index in [0.717, 1.165) is 6.07 Å². The lowest BCUT2D eigenvalue weighted by Gasteiger charge is -2.07. The zero-order valence-corrected chi connectivity index (χ0v) is 12.0. The zero-order chi connectivity index (χ0) is 16.5. The highest BCUT2D eigenvalue weighted by molar-refractivity contribution is 7.94. The Hall–Kier alpha value is -1.96. The molecule has 0 saturated carbocycles. The van der Waals surface area contributed by atoms with Crippen molar-refractivity contribution in [2.24, 2.45) is 0 Å². The minimum absolute atomic E-state index is 0.0451. The van der Waals surface area contributed by atoms with Crippen molar-refractivity contribution >= 4 is 38.6 Å². The summed E-state index contributed by atoms with van der Waals surface area (Å²) in [4.78, 5) is 9.41. The molecule has 0 fully saturated rings. The number of phenols is 1. The van der Waals surface area contributed by atoms with E-state index < -0.39 is 31.4 Å². The standard InChI is InChI=1S/C10H7NO9S2/c12-10-8(22(16,17)18)4-5-3-6(21-20-19-15)1-2-7(5)9(10)11(13)14/h1-4,12,15H,(H,16,17,18). The molecule has 0 bridgehead atoms. The Labute approximate surface area is 126 Å². The first-order valence-electron chi connectivity index (χ1n) is 5.32. The second-order valence-electron chi connectivity index (χ2n) is 3.91. The molecule has 2 aromatic rings. The summed E-state index contributed by atoms with van der Waals surface area (Å²) in [6, 6.07) is 4.74. The molecule has 118 valence electrons. The Bertz CT molecular complexity index is 849. The van der Waals surface area contributed by atoms with Crippen molar-refractivity contribution in [1.29, 1.82) is 0 Å².